The van der Waals surface area contributed by atoms with Crippen molar-refractivity contribution in [1.29, 1.82) is 0 Å². The van der Waals surface area contributed by atoms with Gasteiger partial charge in [0, 0.05) is 13.2 Å². The van der Waals surface area contributed by atoms with Gasteiger partial charge < -0.3 is 9.84 Å². The molecule has 1 saturated heterocycles. The molecule has 2 heteroatoms. The van der Waals surface area contributed by atoms with E-state index >= 15 is 0 Å². The van der Waals surface area contributed by atoms with Crippen LogP contribution < -0.4 is 0 Å². The highest BCUT2D eigenvalue weighted by Crippen LogP contribution is 2.21. The minimum atomic E-state index is 0.306. The number of aliphatic hydroxyl groups is 1. The maximum atomic E-state index is 8.56. The van der Waals surface area contributed by atoms with Gasteiger partial charge in [-0.3, -0.25) is 0 Å². The summed E-state index contributed by atoms with van der Waals surface area (Å²) < 4.78 is 5.31. The molecule has 1 aliphatic heterocycles. The molecule has 0 aromatic carbocycles. The first-order valence-electron chi connectivity index (χ1n) is 3.55. The minimum Gasteiger partial charge on any atom is -0.396 e. The molecule has 1 heterocycles. The van der Waals surface area contributed by atoms with E-state index in [4.69, 9.17) is 9.84 Å². The molecule has 1 unspecified atom stereocenters. The van der Waals surface area contributed by atoms with Crippen LogP contribution in [0.4, 0.5) is 0 Å². The maximum absolute atomic E-state index is 8.56. The lowest BCUT2D eigenvalue weighted by atomic mass is 10.0. The highest BCUT2D eigenvalue weighted by atomic mass is 16.5. The van der Waals surface area contributed by atoms with Crippen LogP contribution in [0.5, 0.6) is 0 Å². The zero-order valence-corrected chi connectivity index (χ0v) is 5.84. The Kier molecular flexibility index (Phi) is 2.49. The minimum absolute atomic E-state index is 0.306. The first kappa shape index (κ1) is 7.03. The molecule has 54 valence electrons. The van der Waals surface area contributed by atoms with Crippen molar-refractivity contribution in [1.82, 2.24) is 0 Å². The molecule has 2 nitrogen and oxygen atoms in total. The Hall–Kier alpha value is -0.0800. The molecule has 1 N–H and O–H groups in total. The molecule has 1 rings (SSSR count). The number of ether oxygens (including phenoxy) is 1. The van der Waals surface area contributed by atoms with E-state index in [1.54, 1.807) is 0 Å². The monoisotopic (exact) mass is 130 g/mol. The van der Waals surface area contributed by atoms with Crippen molar-refractivity contribution in [2.75, 3.05) is 13.2 Å². The van der Waals surface area contributed by atoms with E-state index in [1.165, 1.54) is 0 Å². The molecule has 2 atom stereocenters. The summed E-state index contributed by atoms with van der Waals surface area (Å²) in [7, 11) is 0. The second-order valence-electron chi connectivity index (χ2n) is 2.76. The Morgan fingerprint density at radius 2 is 2.44 bits per heavy atom. The molecule has 0 amide bonds. The Labute approximate surface area is 55.8 Å². The predicted octanol–water partition coefficient (Wildman–Crippen LogP) is 0.794. The van der Waals surface area contributed by atoms with Crippen LogP contribution in [0.2, 0.25) is 0 Å². The van der Waals surface area contributed by atoms with Crippen LogP contribution in [0.1, 0.15) is 19.8 Å². The lowest BCUT2D eigenvalue weighted by Gasteiger charge is -2.01. The number of hydrogen-bond donors (Lipinski definition) is 1. The standard InChI is InChI=1S/C7H14O2/c1-6-4-7(2-3-8)5-9-6/h6-8H,2-5H2,1H3/t6?,7-/m1/s1. The smallest absolute Gasteiger partial charge is 0.0550 e. The van der Waals surface area contributed by atoms with Gasteiger partial charge in [-0.25, -0.2) is 0 Å². The molecule has 0 aromatic rings. The molecule has 0 aliphatic carbocycles. The van der Waals surface area contributed by atoms with Gasteiger partial charge in [0.25, 0.3) is 0 Å². The van der Waals surface area contributed by atoms with Gasteiger partial charge in [-0.2, -0.15) is 0 Å². The van der Waals surface area contributed by atoms with Crippen LogP contribution in [0.25, 0.3) is 0 Å². The van der Waals surface area contributed by atoms with Gasteiger partial charge in [-0.05, 0) is 25.7 Å². The fourth-order valence-corrected chi connectivity index (χ4v) is 1.29. The van der Waals surface area contributed by atoms with Crippen LogP contribution in [-0.2, 0) is 4.74 Å². The second-order valence-corrected chi connectivity index (χ2v) is 2.76. The first-order valence-corrected chi connectivity index (χ1v) is 3.55. The molecule has 0 radical (unpaired) electrons. The average Bonchev–Trinajstić information content (AvgIpc) is 2.17. The van der Waals surface area contributed by atoms with Gasteiger partial charge >= 0.3 is 0 Å². The van der Waals surface area contributed by atoms with Crippen LogP contribution >= 0.6 is 0 Å². The lowest BCUT2D eigenvalue weighted by Crippen LogP contribution is -2.01. The topological polar surface area (TPSA) is 29.5 Å². The molecule has 9 heavy (non-hydrogen) atoms. The second kappa shape index (κ2) is 3.18. The molecule has 1 fully saturated rings. The summed E-state index contributed by atoms with van der Waals surface area (Å²) in [6.07, 6.45) is 2.45. The van der Waals surface area contributed by atoms with Gasteiger partial charge in [0.05, 0.1) is 6.10 Å². The van der Waals surface area contributed by atoms with Gasteiger partial charge in [0.1, 0.15) is 0 Å². The van der Waals surface area contributed by atoms with Crippen molar-refractivity contribution < 1.29 is 9.84 Å². The van der Waals surface area contributed by atoms with E-state index in [-0.39, 0.29) is 0 Å². The summed E-state index contributed by atoms with van der Waals surface area (Å²) in [6, 6.07) is 0. The molecule has 0 bridgehead atoms. The van der Waals surface area contributed by atoms with Gasteiger partial charge in [-0.1, -0.05) is 0 Å². The number of aliphatic hydroxyl groups excluding tert-OH is 1. The van der Waals surface area contributed by atoms with E-state index < -0.39 is 0 Å². The van der Waals surface area contributed by atoms with Crippen molar-refractivity contribution in [3.05, 3.63) is 0 Å². The van der Waals surface area contributed by atoms with E-state index in [1.807, 2.05) is 0 Å². The fourth-order valence-electron chi connectivity index (χ4n) is 1.29. The lowest BCUT2D eigenvalue weighted by molar-refractivity contribution is 0.117. The van der Waals surface area contributed by atoms with Crippen molar-refractivity contribution in [3.8, 4) is 0 Å². The SMILES string of the molecule is CC1C[C@@H](CCO)CO1. The highest BCUT2D eigenvalue weighted by Gasteiger charge is 2.20. The van der Waals surface area contributed by atoms with Crippen molar-refractivity contribution >= 4 is 0 Å². The Morgan fingerprint density at radius 1 is 1.67 bits per heavy atom. The highest BCUT2D eigenvalue weighted by molar-refractivity contribution is 4.69. The summed E-state index contributed by atoms with van der Waals surface area (Å²) in [6.45, 7) is 3.24. The molecule has 0 saturated carbocycles. The van der Waals surface area contributed by atoms with Crippen LogP contribution in [-0.4, -0.2) is 24.4 Å². The Bertz CT molecular complexity index is 81.0. The molecular weight excluding hydrogens is 116 g/mol. The number of rotatable bonds is 2. The summed E-state index contributed by atoms with van der Waals surface area (Å²) in [5, 5.41) is 8.56. The third kappa shape index (κ3) is 1.95. The summed E-state index contributed by atoms with van der Waals surface area (Å²) in [4.78, 5) is 0. The van der Waals surface area contributed by atoms with Gasteiger partial charge in [0.15, 0.2) is 0 Å². The molecular formula is C7H14O2. The molecule has 1 aliphatic rings. The van der Waals surface area contributed by atoms with Gasteiger partial charge in [-0.15, -0.1) is 0 Å². The normalized spacial score (nSPS) is 35.3. The molecule has 0 aromatic heterocycles. The van der Waals surface area contributed by atoms with Crippen molar-refractivity contribution in [2.24, 2.45) is 5.92 Å². The summed E-state index contributed by atoms with van der Waals surface area (Å²) in [5.74, 6) is 0.616. The third-order valence-corrected chi connectivity index (χ3v) is 1.82. The average molecular weight is 130 g/mol. The maximum Gasteiger partial charge on any atom is 0.0550 e. The molecule has 0 spiro atoms. The van der Waals surface area contributed by atoms with E-state index in [9.17, 15) is 0 Å². The zero-order chi connectivity index (χ0) is 6.69. The van der Waals surface area contributed by atoms with E-state index in [0.29, 0.717) is 18.6 Å². The van der Waals surface area contributed by atoms with Crippen LogP contribution in [0.3, 0.4) is 0 Å². The zero-order valence-electron chi connectivity index (χ0n) is 5.84. The van der Waals surface area contributed by atoms with E-state index in [0.717, 1.165) is 19.4 Å². The van der Waals surface area contributed by atoms with Crippen LogP contribution in [0, 0.1) is 5.92 Å². The Balaban J connectivity index is 2.14. The first-order chi connectivity index (χ1) is 4.33. The summed E-state index contributed by atoms with van der Waals surface area (Å²) >= 11 is 0. The fraction of sp³-hybridized carbons (Fsp3) is 1.00. The van der Waals surface area contributed by atoms with Gasteiger partial charge in [0.2, 0.25) is 0 Å². The summed E-state index contributed by atoms with van der Waals surface area (Å²) in [5.41, 5.74) is 0. The third-order valence-electron chi connectivity index (χ3n) is 1.82. The predicted molar refractivity (Wildman–Crippen MR) is 35.2 cm³/mol. The van der Waals surface area contributed by atoms with E-state index in [2.05, 4.69) is 6.92 Å². The quantitative estimate of drug-likeness (QED) is 0.599. The van der Waals surface area contributed by atoms with Crippen LogP contribution in [0.15, 0.2) is 0 Å². The van der Waals surface area contributed by atoms with Crippen molar-refractivity contribution in [2.45, 2.75) is 25.9 Å². The van der Waals surface area contributed by atoms with Crippen molar-refractivity contribution in [3.63, 3.8) is 0 Å². The number of hydrogen-bond acceptors (Lipinski definition) is 2. The largest absolute Gasteiger partial charge is 0.396 e. The Morgan fingerprint density at radius 3 is 2.89 bits per heavy atom.